The van der Waals surface area contributed by atoms with E-state index in [1.54, 1.807) is 12.2 Å². The molecule has 0 radical (unpaired) electrons. The summed E-state index contributed by atoms with van der Waals surface area (Å²) in [4.78, 5) is 14.2. The minimum atomic E-state index is -0.675. The molecule has 1 aliphatic carbocycles. The van der Waals surface area contributed by atoms with Crippen LogP contribution in [0.5, 0.6) is 0 Å². The monoisotopic (exact) mass is 393 g/mol. The van der Waals surface area contributed by atoms with Gasteiger partial charge in [-0.15, -0.1) is 0 Å². The molecule has 0 bridgehead atoms. The molecule has 1 heterocycles. The maximum absolute atomic E-state index is 12.1. The molecular weight excluding hydrogens is 374 g/mol. The van der Waals surface area contributed by atoms with E-state index in [4.69, 9.17) is 4.74 Å². The first-order valence-electron chi connectivity index (χ1n) is 9.75. The molecule has 0 amide bonds. The molecule has 0 saturated carbocycles. The van der Waals surface area contributed by atoms with Gasteiger partial charge in [-0.25, -0.2) is 0 Å². The summed E-state index contributed by atoms with van der Waals surface area (Å²) in [6.45, 7) is 0. The summed E-state index contributed by atoms with van der Waals surface area (Å²) in [6, 6.07) is 28.1. The van der Waals surface area contributed by atoms with E-state index in [0.29, 0.717) is 5.76 Å². The molecule has 4 heteroatoms. The van der Waals surface area contributed by atoms with Gasteiger partial charge in [0, 0.05) is 22.6 Å². The minimum Gasteiger partial charge on any atom is -0.507 e. The molecule has 0 saturated heterocycles. The van der Waals surface area contributed by atoms with Crippen LogP contribution in [0.4, 0.5) is 17.1 Å². The van der Waals surface area contributed by atoms with E-state index in [9.17, 15) is 9.90 Å². The molecule has 1 N–H and O–H groups in total. The maximum atomic E-state index is 12.1. The average Bonchev–Trinajstić information content (AvgIpc) is 3.14. The molecule has 5 rings (SSSR count). The van der Waals surface area contributed by atoms with E-state index in [0.717, 1.165) is 22.6 Å². The van der Waals surface area contributed by atoms with Crippen molar-refractivity contribution in [2.24, 2.45) is 0 Å². The molecule has 3 aromatic rings. The third-order valence-corrected chi connectivity index (χ3v) is 5.22. The van der Waals surface area contributed by atoms with Crippen molar-refractivity contribution in [1.82, 2.24) is 0 Å². The second-order valence-electron chi connectivity index (χ2n) is 7.11. The zero-order valence-electron chi connectivity index (χ0n) is 16.1. The Bertz CT molecular complexity index is 1140. The van der Waals surface area contributed by atoms with Crippen molar-refractivity contribution in [2.45, 2.75) is 6.10 Å². The van der Waals surface area contributed by atoms with Gasteiger partial charge in [0.2, 0.25) is 0 Å². The molecule has 1 aliphatic heterocycles. The number of benzene rings is 3. The number of ether oxygens (including phenoxy) is 1. The Morgan fingerprint density at radius 2 is 1.33 bits per heavy atom. The van der Waals surface area contributed by atoms with Gasteiger partial charge in [0.15, 0.2) is 17.6 Å². The quantitative estimate of drug-likeness (QED) is 0.585. The number of anilines is 3. The van der Waals surface area contributed by atoms with Gasteiger partial charge in [-0.05, 0) is 48.6 Å². The maximum Gasteiger partial charge on any atom is 0.193 e. The van der Waals surface area contributed by atoms with E-state index in [2.05, 4.69) is 29.2 Å². The molecule has 0 fully saturated rings. The lowest BCUT2D eigenvalue weighted by Crippen LogP contribution is -2.10. The number of fused-ring (bicyclic) bond motifs is 1. The number of hydrogen-bond donors (Lipinski definition) is 1. The van der Waals surface area contributed by atoms with Crippen molar-refractivity contribution >= 4 is 22.8 Å². The summed E-state index contributed by atoms with van der Waals surface area (Å²) >= 11 is 0. The van der Waals surface area contributed by atoms with Crippen LogP contribution in [0.3, 0.4) is 0 Å². The van der Waals surface area contributed by atoms with E-state index >= 15 is 0 Å². The smallest absolute Gasteiger partial charge is 0.193 e. The van der Waals surface area contributed by atoms with E-state index in [1.807, 2.05) is 60.7 Å². The Morgan fingerprint density at radius 3 is 1.90 bits per heavy atom. The van der Waals surface area contributed by atoms with Crippen LogP contribution in [0.15, 0.2) is 120 Å². The highest BCUT2D eigenvalue weighted by Crippen LogP contribution is 2.42. The topological polar surface area (TPSA) is 49.8 Å². The van der Waals surface area contributed by atoms with Gasteiger partial charge in [0.05, 0.1) is 0 Å². The van der Waals surface area contributed by atoms with Crippen LogP contribution in [-0.4, -0.2) is 10.9 Å². The number of ketones is 1. The zero-order chi connectivity index (χ0) is 20.5. The first-order valence-corrected chi connectivity index (χ1v) is 9.75. The standard InChI is InChI=1S/C26H19NO3/c28-22-12-7-13-23-24(22)25(29)26(30-23)18-14-16-21(17-15-18)27(19-8-3-1-4-9-19)20-10-5-2-6-11-20/h1-17,26,29H. The van der Waals surface area contributed by atoms with E-state index < -0.39 is 6.10 Å². The largest absolute Gasteiger partial charge is 0.507 e. The lowest BCUT2D eigenvalue weighted by Gasteiger charge is -2.25. The number of carbonyl (C=O) groups is 1. The fourth-order valence-electron chi connectivity index (χ4n) is 3.80. The molecular formula is C26H19NO3. The highest BCUT2D eigenvalue weighted by atomic mass is 16.5. The third-order valence-electron chi connectivity index (χ3n) is 5.22. The van der Waals surface area contributed by atoms with E-state index in [-0.39, 0.29) is 17.1 Å². The lowest BCUT2D eigenvalue weighted by molar-refractivity contribution is -0.111. The van der Waals surface area contributed by atoms with Gasteiger partial charge in [-0.2, -0.15) is 0 Å². The predicted octanol–water partition coefficient (Wildman–Crippen LogP) is 6.06. The van der Waals surface area contributed by atoms with Gasteiger partial charge in [0.25, 0.3) is 0 Å². The summed E-state index contributed by atoms with van der Waals surface area (Å²) in [5, 5.41) is 10.6. The highest BCUT2D eigenvalue weighted by molar-refractivity contribution is 6.09. The average molecular weight is 393 g/mol. The molecule has 146 valence electrons. The molecule has 3 aromatic carbocycles. The SMILES string of the molecule is O=C1C=CC=C2OC(c3ccc(N(c4ccccc4)c4ccccc4)cc3)C(O)=C12. The van der Waals surface area contributed by atoms with Gasteiger partial charge in [-0.3, -0.25) is 4.79 Å². The molecule has 30 heavy (non-hydrogen) atoms. The van der Waals surface area contributed by atoms with Gasteiger partial charge < -0.3 is 14.7 Å². The van der Waals surface area contributed by atoms with Crippen LogP contribution < -0.4 is 4.90 Å². The second kappa shape index (κ2) is 7.41. The first kappa shape index (κ1) is 18.0. The van der Waals surface area contributed by atoms with Gasteiger partial charge in [0.1, 0.15) is 11.3 Å². The van der Waals surface area contributed by atoms with E-state index in [1.165, 1.54) is 6.08 Å². The van der Waals surface area contributed by atoms with Crippen LogP contribution >= 0.6 is 0 Å². The van der Waals surface area contributed by atoms with Crippen molar-refractivity contribution < 1.29 is 14.6 Å². The van der Waals surface area contributed by atoms with Gasteiger partial charge >= 0.3 is 0 Å². The minimum absolute atomic E-state index is 0.0358. The molecule has 1 unspecified atom stereocenters. The number of hydrogen-bond acceptors (Lipinski definition) is 4. The van der Waals surface area contributed by atoms with Crippen LogP contribution in [0.25, 0.3) is 0 Å². The third kappa shape index (κ3) is 3.08. The summed E-state index contributed by atoms with van der Waals surface area (Å²) < 4.78 is 5.86. The van der Waals surface area contributed by atoms with Crippen LogP contribution in [0.1, 0.15) is 11.7 Å². The number of carbonyl (C=O) groups excluding carboxylic acids is 1. The normalized spacial score (nSPS) is 17.4. The van der Waals surface area contributed by atoms with Gasteiger partial charge in [-0.1, -0.05) is 54.6 Å². The van der Waals surface area contributed by atoms with Crippen molar-refractivity contribution in [1.29, 1.82) is 0 Å². The Labute approximate surface area is 174 Å². The fourth-order valence-corrected chi connectivity index (χ4v) is 3.80. The number of aliphatic hydroxyl groups is 1. The van der Waals surface area contributed by atoms with Crippen molar-refractivity contribution in [3.8, 4) is 0 Å². The molecule has 4 nitrogen and oxygen atoms in total. The highest BCUT2D eigenvalue weighted by Gasteiger charge is 2.36. The molecule has 1 atom stereocenters. The Balaban J connectivity index is 1.50. The summed E-state index contributed by atoms with van der Waals surface area (Å²) in [7, 11) is 0. The lowest BCUT2D eigenvalue weighted by atomic mass is 10.0. The number of allylic oxidation sites excluding steroid dienone is 4. The predicted molar refractivity (Wildman–Crippen MR) is 117 cm³/mol. The number of para-hydroxylation sites is 2. The van der Waals surface area contributed by atoms with Crippen LogP contribution in [0.2, 0.25) is 0 Å². The molecule has 0 spiro atoms. The number of rotatable bonds is 4. The van der Waals surface area contributed by atoms with Crippen molar-refractivity contribution in [2.75, 3.05) is 4.90 Å². The molecule has 0 aromatic heterocycles. The van der Waals surface area contributed by atoms with Crippen LogP contribution in [0, 0.1) is 0 Å². The Hall–Kier alpha value is -4.05. The summed E-state index contributed by atoms with van der Waals surface area (Å²) in [5.41, 5.74) is 4.11. The summed E-state index contributed by atoms with van der Waals surface area (Å²) in [5.74, 6) is 0.152. The Kier molecular flexibility index (Phi) is 4.45. The molecule has 2 aliphatic rings. The van der Waals surface area contributed by atoms with Crippen molar-refractivity contribution in [3.05, 3.63) is 126 Å². The zero-order valence-corrected chi connectivity index (χ0v) is 16.1. The number of nitrogens with zero attached hydrogens (tertiary/aromatic N) is 1. The van der Waals surface area contributed by atoms with Crippen LogP contribution in [-0.2, 0) is 9.53 Å². The van der Waals surface area contributed by atoms with Crippen molar-refractivity contribution in [3.63, 3.8) is 0 Å². The number of aliphatic hydroxyl groups excluding tert-OH is 1. The fraction of sp³-hybridized carbons (Fsp3) is 0.0385. The first-order chi connectivity index (χ1) is 14.7. The Morgan fingerprint density at radius 1 is 0.767 bits per heavy atom. The second-order valence-corrected chi connectivity index (χ2v) is 7.11. The summed E-state index contributed by atoms with van der Waals surface area (Å²) in [6.07, 6.45) is 4.10.